The molecule has 0 aliphatic heterocycles. The molecule has 1 aliphatic carbocycles. The lowest BCUT2D eigenvalue weighted by molar-refractivity contribution is -0.148. The second-order valence-electron chi connectivity index (χ2n) is 8.56. The fraction of sp³-hybridized carbons (Fsp3) is 0.320. The summed E-state index contributed by atoms with van der Waals surface area (Å²) >= 11 is 0. The van der Waals surface area contributed by atoms with E-state index in [1.165, 1.54) is 25.3 Å². The molecule has 0 bridgehead atoms. The van der Waals surface area contributed by atoms with Crippen molar-refractivity contribution < 1.29 is 38.9 Å². The van der Waals surface area contributed by atoms with Gasteiger partial charge in [0.1, 0.15) is 12.4 Å². The minimum absolute atomic E-state index is 0.263. The molecule has 0 saturated carbocycles. The van der Waals surface area contributed by atoms with Crippen LogP contribution in [0.25, 0.3) is 10.9 Å². The van der Waals surface area contributed by atoms with Gasteiger partial charge in [-0.2, -0.15) is 5.06 Å². The number of rotatable bonds is 8. The number of carboxylic acids is 1. The Bertz CT molecular complexity index is 1290. The number of halogens is 1. The third-order valence-electron chi connectivity index (χ3n) is 6.26. The molecule has 1 aromatic heterocycles. The van der Waals surface area contributed by atoms with Gasteiger partial charge in [0.2, 0.25) is 0 Å². The maximum Gasteiger partial charge on any atom is 0.323 e. The first-order valence-corrected chi connectivity index (χ1v) is 11.3. The number of carbonyl (C=O) groups is 3. The lowest BCUT2D eigenvalue weighted by Gasteiger charge is -2.28. The van der Waals surface area contributed by atoms with E-state index >= 15 is 0 Å². The number of aliphatic hydroxyl groups excluding tert-OH is 2. The first kappa shape index (κ1) is 25.3. The Morgan fingerprint density at radius 1 is 1.17 bits per heavy atom. The second kappa shape index (κ2) is 10.4. The van der Waals surface area contributed by atoms with E-state index in [2.05, 4.69) is 5.32 Å². The SMILES string of the molecule is CON(C(=O)[C@H](O)[C@@H](O)C(=O)NC1CCc2c(c3cc(F)ccc3n2CC(=O)O)C1)c1ccccc1. The first-order chi connectivity index (χ1) is 17.2. The van der Waals surface area contributed by atoms with E-state index in [4.69, 9.17) is 4.84 Å². The van der Waals surface area contributed by atoms with Crippen molar-refractivity contribution >= 4 is 34.4 Å². The van der Waals surface area contributed by atoms with Crippen molar-refractivity contribution in [2.24, 2.45) is 0 Å². The lowest BCUT2D eigenvalue weighted by atomic mass is 9.91. The quantitative estimate of drug-likeness (QED) is 0.341. The number of aliphatic hydroxyl groups is 2. The average Bonchev–Trinajstić information content (AvgIpc) is 3.15. The smallest absolute Gasteiger partial charge is 0.323 e. The van der Waals surface area contributed by atoms with Gasteiger partial charge < -0.3 is 25.2 Å². The normalized spacial score (nSPS) is 16.7. The van der Waals surface area contributed by atoms with Gasteiger partial charge in [-0.3, -0.25) is 19.2 Å². The minimum atomic E-state index is -2.09. The van der Waals surface area contributed by atoms with Crippen LogP contribution in [0.3, 0.4) is 0 Å². The van der Waals surface area contributed by atoms with Crippen LogP contribution in [0.2, 0.25) is 0 Å². The lowest BCUT2D eigenvalue weighted by Crippen LogP contribution is -2.53. The van der Waals surface area contributed by atoms with Crippen molar-refractivity contribution in [3.8, 4) is 0 Å². The largest absolute Gasteiger partial charge is 0.480 e. The summed E-state index contributed by atoms with van der Waals surface area (Å²) in [5.74, 6) is -3.47. The molecule has 2 aromatic carbocycles. The Hall–Kier alpha value is -3.80. The van der Waals surface area contributed by atoms with Gasteiger partial charge in [0.05, 0.1) is 12.8 Å². The Morgan fingerprint density at radius 2 is 1.89 bits per heavy atom. The Labute approximate surface area is 205 Å². The molecule has 36 heavy (non-hydrogen) atoms. The summed E-state index contributed by atoms with van der Waals surface area (Å²) in [5, 5.41) is 34.1. The number of fused-ring (bicyclic) bond motifs is 3. The number of para-hydroxylation sites is 1. The highest BCUT2D eigenvalue weighted by atomic mass is 19.1. The summed E-state index contributed by atoms with van der Waals surface area (Å²) in [6.45, 7) is -0.279. The van der Waals surface area contributed by atoms with E-state index in [0.717, 1.165) is 10.8 Å². The van der Waals surface area contributed by atoms with Crippen molar-refractivity contribution in [3.05, 3.63) is 65.6 Å². The summed E-state index contributed by atoms with van der Waals surface area (Å²) in [7, 11) is 1.22. The van der Waals surface area contributed by atoms with Crippen LogP contribution in [0.15, 0.2) is 48.5 Å². The van der Waals surface area contributed by atoms with Gasteiger partial charge in [0, 0.05) is 22.6 Å². The zero-order valence-electron chi connectivity index (χ0n) is 19.4. The molecule has 4 N–H and O–H groups in total. The van der Waals surface area contributed by atoms with Crippen LogP contribution in [-0.4, -0.2) is 63.0 Å². The van der Waals surface area contributed by atoms with Crippen LogP contribution in [0.1, 0.15) is 17.7 Å². The van der Waals surface area contributed by atoms with Gasteiger partial charge in [-0.05, 0) is 55.2 Å². The molecule has 11 heteroatoms. The Balaban J connectivity index is 1.49. The third kappa shape index (κ3) is 4.94. The van der Waals surface area contributed by atoms with Crippen molar-refractivity contribution in [2.45, 2.75) is 44.1 Å². The van der Waals surface area contributed by atoms with Crippen molar-refractivity contribution in [2.75, 3.05) is 12.2 Å². The molecule has 0 saturated heterocycles. The fourth-order valence-corrected chi connectivity index (χ4v) is 4.63. The topological polar surface area (TPSA) is 141 Å². The van der Waals surface area contributed by atoms with E-state index < -0.39 is 41.9 Å². The molecular formula is C25H26FN3O7. The van der Waals surface area contributed by atoms with Crippen molar-refractivity contribution in [3.63, 3.8) is 0 Å². The number of aromatic nitrogens is 1. The van der Waals surface area contributed by atoms with Crippen LogP contribution >= 0.6 is 0 Å². The zero-order chi connectivity index (χ0) is 26.0. The molecule has 3 atom stereocenters. The van der Waals surface area contributed by atoms with Crippen LogP contribution in [0.5, 0.6) is 0 Å². The monoisotopic (exact) mass is 499 g/mol. The van der Waals surface area contributed by atoms with Crippen LogP contribution < -0.4 is 10.4 Å². The summed E-state index contributed by atoms with van der Waals surface area (Å²) in [4.78, 5) is 41.8. The molecule has 1 aliphatic rings. The number of hydrogen-bond donors (Lipinski definition) is 4. The number of nitrogens with zero attached hydrogens (tertiary/aromatic N) is 2. The molecule has 0 radical (unpaired) electrons. The van der Waals surface area contributed by atoms with Crippen LogP contribution in [-0.2, 0) is 38.6 Å². The number of carbonyl (C=O) groups excluding carboxylic acids is 2. The highest BCUT2D eigenvalue weighted by Gasteiger charge is 2.36. The summed E-state index contributed by atoms with van der Waals surface area (Å²) < 4.78 is 15.6. The Morgan fingerprint density at radius 3 is 2.56 bits per heavy atom. The molecule has 1 unspecified atom stereocenters. The summed E-state index contributed by atoms with van der Waals surface area (Å²) in [6.07, 6.45) is -3.06. The summed E-state index contributed by atoms with van der Waals surface area (Å²) in [6, 6.07) is 11.8. The molecule has 10 nitrogen and oxygen atoms in total. The predicted molar refractivity (Wildman–Crippen MR) is 126 cm³/mol. The highest BCUT2D eigenvalue weighted by Crippen LogP contribution is 2.33. The van der Waals surface area contributed by atoms with E-state index in [1.54, 1.807) is 34.9 Å². The average molecular weight is 499 g/mol. The maximum atomic E-state index is 14.0. The molecule has 4 rings (SSSR count). The van der Waals surface area contributed by atoms with Crippen LogP contribution in [0.4, 0.5) is 10.1 Å². The van der Waals surface area contributed by atoms with Crippen molar-refractivity contribution in [1.82, 2.24) is 9.88 Å². The number of hydrogen-bond acceptors (Lipinski definition) is 6. The standard InChI is InChI=1S/C25H26FN3O7/c1-36-29(16-5-3-2-4-6-16)25(35)23(33)22(32)24(34)27-15-8-10-20-18(12-15)17-11-14(26)7-9-19(17)28(20)13-21(30)31/h2-7,9,11,15,22-23,32-33H,8,10,12-13H2,1H3,(H,27,34)(H,30,31)/t15?,22-,23-/m1/s1. The number of nitrogens with one attached hydrogen (secondary N) is 1. The van der Waals surface area contributed by atoms with Gasteiger partial charge in [0.25, 0.3) is 11.8 Å². The van der Waals surface area contributed by atoms with E-state index in [0.29, 0.717) is 35.0 Å². The van der Waals surface area contributed by atoms with Gasteiger partial charge in [-0.15, -0.1) is 0 Å². The van der Waals surface area contributed by atoms with Gasteiger partial charge in [0.15, 0.2) is 12.2 Å². The highest BCUT2D eigenvalue weighted by molar-refractivity contribution is 5.99. The molecule has 2 amide bonds. The molecule has 0 fully saturated rings. The second-order valence-corrected chi connectivity index (χ2v) is 8.56. The van der Waals surface area contributed by atoms with Gasteiger partial charge in [-0.25, -0.2) is 4.39 Å². The number of aliphatic carboxylic acids is 1. The van der Waals surface area contributed by atoms with Gasteiger partial charge in [-0.1, -0.05) is 18.2 Å². The molecular weight excluding hydrogens is 473 g/mol. The first-order valence-electron chi connectivity index (χ1n) is 11.3. The summed E-state index contributed by atoms with van der Waals surface area (Å²) in [5.41, 5.74) is 2.35. The number of anilines is 1. The number of carboxylic acid groups (broad SMARTS) is 1. The zero-order valence-corrected chi connectivity index (χ0v) is 19.4. The number of benzene rings is 2. The van der Waals surface area contributed by atoms with E-state index in [1.807, 2.05) is 0 Å². The van der Waals surface area contributed by atoms with E-state index in [9.17, 15) is 34.1 Å². The fourth-order valence-electron chi connectivity index (χ4n) is 4.63. The van der Waals surface area contributed by atoms with Gasteiger partial charge >= 0.3 is 5.97 Å². The number of amides is 2. The van der Waals surface area contributed by atoms with Crippen LogP contribution in [0, 0.1) is 5.82 Å². The maximum absolute atomic E-state index is 14.0. The number of hydroxylamine groups is 1. The molecule has 1 heterocycles. The Kier molecular flexibility index (Phi) is 7.34. The van der Waals surface area contributed by atoms with E-state index in [-0.39, 0.29) is 13.0 Å². The molecule has 0 spiro atoms. The minimum Gasteiger partial charge on any atom is -0.480 e. The molecule has 3 aromatic rings. The van der Waals surface area contributed by atoms with Crippen molar-refractivity contribution in [1.29, 1.82) is 0 Å². The molecule has 190 valence electrons. The predicted octanol–water partition coefficient (Wildman–Crippen LogP) is 1.15. The third-order valence-corrected chi connectivity index (χ3v) is 6.26.